The molecule has 0 bridgehead atoms. The fourth-order valence-corrected chi connectivity index (χ4v) is 1.25. The molecule has 0 aliphatic rings. The zero-order chi connectivity index (χ0) is 15.0. The van der Waals surface area contributed by atoms with Crippen molar-refractivity contribution < 1.29 is 15.0 Å². The van der Waals surface area contributed by atoms with Crippen molar-refractivity contribution in [1.82, 2.24) is 0 Å². The smallest absolute Gasteiger partial charge is 0.153 e. The standard InChI is InChI=1S/C8H5NO2.C7H5NO/c9-4-6-1-2-8(11)7(3-6)5-10;8-5-6-1-3-7(9)4-2-6/h1-3,5,11H;1-4,9H. The molecule has 0 saturated heterocycles. The van der Waals surface area contributed by atoms with Crippen molar-refractivity contribution in [3.05, 3.63) is 59.2 Å². The molecule has 0 aliphatic carbocycles. The fraction of sp³-hybridized carbons (Fsp3) is 0. The Labute approximate surface area is 115 Å². The molecule has 2 rings (SSSR count). The van der Waals surface area contributed by atoms with E-state index in [4.69, 9.17) is 20.7 Å². The van der Waals surface area contributed by atoms with Gasteiger partial charge in [-0.1, -0.05) is 0 Å². The van der Waals surface area contributed by atoms with Gasteiger partial charge in [-0.05, 0) is 42.5 Å². The summed E-state index contributed by atoms with van der Waals surface area (Å²) in [4.78, 5) is 10.2. The molecule has 0 atom stereocenters. The van der Waals surface area contributed by atoms with Gasteiger partial charge in [-0.15, -0.1) is 0 Å². The van der Waals surface area contributed by atoms with Gasteiger partial charge >= 0.3 is 0 Å². The zero-order valence-electron chi connectivity index (χ0n) is 10.3. The van der Waals surface area contributed by atoms with Crippen molar-refractivity contribution in [1.29, 1.82) is 10.5 Å². The second-order valence-electron chi connectivity index (χ2n) is 3.66. The van der Waals surface area contributed by atoms with Crippen LogP contribution < -0.4 is 0 Å². The summed E-state index contributed by atoms with van der Waals surface area (Å²) in [6.07, 6.45) is 0.510. The summed E-state index contributed by atoms with van der Waals surface area (Å²) in [5.74, 6) is 0.0907. The largest absolute Gasteiger partial charge is 0.508 e. The van der Waals surface area contributed by atoms with Crippen molar-refractivity contribution >= 4 is 6.29 Å². The molecule has 0 heterocycles. The zero-order valence-corrected chi connectivity index (χ0v) is 10.3. The SMILES string of the molecule is N#Cc1ccc(O)c(C=O)c1.N#Cc1ccc(O)cc1. The molecule has 0 radical (unpaired) electrons. The summed E-state index contributed by atoms with van der Waals surface area (Å²) < 4.78 is 0. The Morgan fingerprint density at radius 1 is 0.900 bits per heavy atom. The molecule has 2 N–H and O–H groups in total. The number of phenolic OH excluding ortho intramolecular Hbond substituents is 2. The Bertz CT molecular complexity index is 680. The molecule has 5 heteroatoms. The molecule has 5 nitrogen and oxygen atoms in total. The molecular formula is C15H10N2O3. The van der Waals surface area contributed by atoms with Crippen molar-refractivity contribution in [2.45, 2.75) is 0 Å². The maximum absolute atomic E-state index is 10.2. The Kier molecular flexibility index (Phi) is 5.31. The molecular weight excluding hydrogens is 256 g/mol. The normalized spacial score (nSPS) is 8.50. The van der Waals surface area contributed by atoms with Crippen LogP contribution in [0.1, 0.15) is 21.5 Å². The number of hydrogen-bond donors (Lipinski definition) is 2. The number of rotatable bonds is 1. The molecule has 20 heavy (non-hydrogen) atoms. The van der Waals surface area contributed by atoms with E-state index in [1.807, 2.05) is 12.1 Å². The first-order chi connectivity index (χ1) is 9.60. The maximum Gasteiger partial charge on any atom is 0.153 e. The lowest BCUT2D eigenvalue weighted by Crippen LogP contribution is -1.82. The third-order valence-electron chi connectivity index (χ3n) is 2.28. The molecule has 0 fully saturated rings. The van der Waals surface area contributed by atoms with Crippen LogP contribution in [0.15, 0.2) is 42.5 Å². The van der Waals surface area contributed by atoms with Gasteiger partial charge in [0, 0.05) is 0 Å². The number of carbonyl (C=O) groups excluding carboxylic acids is 1. The van der Waals surface area contributed by atoms with E-state index in [-0.39, 0.29) is 17.1 Å². The van der Waals surface area contributed by atoms with E-state index < -0.39 is 0 Å². The summed E-state index contributed by atoms with van der Waals surface area (Å²) in [6, 6.07) is 14.0. The van der Waals surface area contributed by atoms with Crippen LogP contribution in [0.4, 0.5) is 0 Å². The van der Waals surface area contributed by atoms with Crippen LogP contribution in [0.3, 0.4) is 0 Å². The second kappa shape index (κ2) is 7.20. The lowest BCUT2D eigenvalue weighted by atomic mass is 10.1. The first-order valence-electron chi connectivity index (χ1n) is 5.48. The van der Waals surface area contributed by atoms with Gasteiger partial charge in [0.25, 0.3) is 0 Å². The quantitative estimate of drug-likeness (QED) is 0.770. The molecule has 0 aromatic heterocycles. The summed E-state index contributed by atoms with van der Waals surface area (Å²) in [7, 11) is 0. The van der Waals surface area contributed by atoms with Crippen LogP contribution in [0, 0.1) is 22.7 Å². The van der Waals surface area contributed by atoms with Crippen molar-refractivity contribution in [3.63, 3.8) is 0 Å². The summed E-state index contributed by atoms with van der Waals surface area (Å²) in [5.41, 5.74) is 1.07. The molecule has 2 aromatic carbocycles. The molecule has 98 valence electrons. The van der Waals surface area contributed by atoms with Crippen LogP contribution in [0.5, 0.6) is 11.5 Å². The lowest BCUT2D eigenvalue weighted by molar-refractivity contribution is 0.112. The number of benzene rings is 2. The second-order valence-corrected chi connectivity index (χ2v) is 3.66. The molecule has 0 amide bonds. The van der Waals surface area contributed by atoms with E-state index in [1.165, 1.54) is 30.3 Å². The number of aldehydes is 1. The minimum atomic E-state index is -0.0981. The van der Waals surface area contributed by atoms with Gasteiger partial charge in [-0.3, -0.25) is 4.79 Å². The molecule has 0 unspecified atom stereocenters. The van der Waals surface area contributed by atoms with Gasteiger partial charge in [0.1, 0.15) is 11.5 Å². The van der Waals surface area contributed by atoms with Gasteiger partial charge < -0.3 is 10.2 Å². The van der Waals surface area contributed by atoms with Crippen LogP contribution in [0.25, 0.3) is 0 Å². The number of nitrogens with zero attached hydrogens (tertiary/aromatic N) is 2. The summed E-state index contributed by atoms with van der Waals surface area (Å²) in [5, 5.41) is 34.4. The molecule has 0 aliphatic heterocycles. The summed E-state index contributed by atoms with van der Waals surface area (Å²) in [6.45, 7) is 0. The third-order valence-corrected chi connectivity index (χ3v) is 2.28. The minimum Gasteiger partial charge on any atom is -0.508 e. The van der Waals surface area contributed by atoms with E-state index in [1.54, 1.807) is 12.1 Å². The van der Waals surface area contributed by atoms with Gasteiger partial charge in [-0.2, -0.15) is 10.5 Å². The molecule has 2 aromatic rings. The average Bonchev–Trinajstić information content (AvgIpc) is 2.49. The predicted octanol–water partition coefficient (Wildman–Crippen LogP) is 2.34. The van der Waals surface area contributed by atoms with Crippen LogP contribution in [-0.2, 0) is 0 Å². The fourth-order valence-electron chi connectivity index (χ4n) is 1.25. The van der Waals surface area contributed by atoms with Crippen molar-refractivity contribution in [2.75, 3.05) is 0 Å². The van der Waals surface area contributed by atoms with Gasteiger partial charge in [-0.25, -0.2) is 0 Å². The Morgan fingerprint density at radius 2 is 1.45 bits per heavy atom. The topological polar surface area (TPSA) is 105 Å². The lowest BCUT2D eigenvalue weighted by Gasteiger charge is -1.94. The van der Waals surface area contributed by atoms with Gasteiger partial charge in [0.15, 0.2) is 6.29 Å². The van der Waals surface area contributed by atoms with Crippen LogP contribution >= 0.6 is 0 Å². The highest BCUT2D eigenvalue weighted by Crippen LogP contribution is 2.15. The Morgan fingerprint density at radius 3 is 1.95 bits per heavy atom. The van der Waals surface area contributed by atoms with Gasteiger partial charge in [0.2, 0.25) is 0 Å². The van der Waals surface area contributed by atoms with Crippen molar-refractivity contribution in [2.24, 2.45) is 0 Å². The number of phenols is 2. The number of carbonyl (C=O) groups is 1. The predicted molar refractivity (Wildman–Crippen MR) is 71.0 cm³/mol. The van der Waals surface area contributed by atoms with E-state index in [0.717, 1.165) is 0 Å². The van der Waals surface area contributed by atoms with E-state index in [2.05, 4.69) is 0 Å². The highest BCUT2D eigenvalue weighted by atomic mass is 16.3. The first kappa shape index (κ1) is 14.7. The minimum absolute atomic E-state index is 0.0981. The average molecular weight is 266 g/mol. The monoisotopic (exact) mass is 266 g/mol. The van der Waals surface area contributed by atoms with E-state index in [0.29, 0.717) is 17.4 Å². The molecule has 0 spiro atoms. The number of hydrogen-bond acceptors (Lipinski definition) is 5. The highest BCUT2D eigenvalue weighted by Gasteiger charge is 1.99. The van der Waals surface area contributed by atoms with E-state index in [9.17, 15) is 4.79 Å². The van der Waals surface area contributed by atoms with Gasteiger partial charge in [0.05, 0.1) is 28.8 Å². The van der Waals surface area contributed by atoms with Crippen LogP contribution in [0.2, 0.25) is 0 Å². The number of nitriles is 2. The highest BCUT2D eigenvalue weighted by molar-refractivity contribution is 5.79. The number of aromatic hydroxyl groups is 2. The maximum atomic E-state index is 10.2. The molecule has 0 saturated carbocycles. The van der Waals surface area contributed by atoms with E-state index >= 15 is 0 Å². The Balaban J connectivity index is 0.000000204. The van der Waals surface area contributed by atoms with Crippen LogP contribution in [-0.4, -0.2) is 16.5 Å². The first-order valence-corrected chi connectivity index (χ1v) is 5.48. The van der Waals surface area contributed by atoms with Crippen molar-refractivity contribution in [3.8, 4) is 23.6 Å². The Hall–Kier alpha value is -3.31. The summed E-state index contributed by atoms with van der Waals surface area (Å²) >= 11 is 0. The third kappa shape index (κ3) is 4.17.